The molecule has 0 aromatic heterocycles. The molecule has 0 aliphatic carbocycles. The van der Waals surface area contributed by atoms with Gasteiger partial charge in [-0.05, 0) is 34.5 Å². The molecule has 0 atom stereocenters. The lowest BCUT2D eigenvalue weighted by Gasteiger charge is -2.08. The predicted molar refractivity (Wildman–Crippen MR) is 75.0 cm³/mol. The van der Waals surface area contributed by atoms with Gasteiger partial charge in [-0.15, -0.1) is 0 Å². The molecule has 1 aromatic rings. The minimum Gasteiger partial charge on any atom is -0.397 e. The molecule has 0 radical (unpaired) electrons. The van der Waals surface area contributed by atoms with Crippen molar-refractivity contribution in [2.75, 3.05) is 12.3 Å². The third kappa shape index (κ3) is 4.38. The SMILES string of the molecule is CCCCCCNC(=O)c1cccc(Br)c1N. The first kappa shape index (κ1) is 14.0. The standard InChI is InChI=1S/C13H19BrN2O/c1-2-3-4-5-9-16-13(17)10-7-6-8-11(14)12(10)15/h6-8H,2-5,9,15H2,1H3,(H,16,17). The van der Waals surface area contributed by atoms with E-state index in [0.29, 0.717) is 17.8 Å². The van der Waals surface area contributed by atoms with Crippen LogP contribution in [-0.4, -0.2) is 12.5 Å². The lowest BCUT2D eigenvalue weighted by molar-refractivity contribution is 0.0954. The molecular formula is C13H19BrN2O. The molecule has 0 spiro atoms. The van der Waals surface area contributed by atoms with Gasteiger partial charge in [0.15, 0.2) is 0 Å². The molecule has 17 heavy (non-hydrogen) atoms. The van der Waals surface area contributed by atoms with Crippen LogP contribution < -0.4 is 11.1 Å². The molecule has 1 amide bonds. The molecule has 0 bridgehead atoms. The average molecular weight is 299 g/mol. The lowest BCUT2D eigenvalue weighted by atomic mass is 10.1. The fourth-order valence-electron chi connectivity index (χ4n) is 1.58. The molecule has 0 saturated heterocycles. The number of unbranched alkanes of at least 4 members (excludes halogenated alkanes) is 3. The van der Waals surface area contributed by atoms with E-state index in [9.17, 15) is 4.79 Å². The third-order valence-corrected chi connectivity index (χ3v) is 3.30. The number of benzene rings is 1. The van der Waals surface area contributed by atoms with Crippen molar-refractivity contribution in [2.45, 2.75) is 32.6 Å². The Bertz CT molecular complexity index is 380. The number of hydrogen-bond donors (Lipinski definition) is 2. The predicted octanol–water partition coefficient (Wildman–Crippen LogP) is 3.34. The van der Waals surface area contributed by atoms with E-state index in [-0.39, 0.29) is 5.91 Å². The highest BCUT2D eigenvalue weighted by Gasteiger charge is 2.10. The van der Waals surface area contributed by atoms with Crippen LogP contribution in [-0.2, 0) is 0 Å². The smallest absolute Gasteiger partial charge is 0.253 e. The fourth-order valence-corrected chi connectivity index (χ4v) is 1.95. The second kappa shape index (κ2) is 7.33. The van der Waals surface area contributed by atoms with E-state index in [1.807, 2.05) is 12.1 Å². The summed E-state index contributed by atoms with van der Waals surface area (Å²) in [5, 5.41) is 2.89. The Hall–Kier alpha value is -1.03. The molecule has 0 saturated carbocycles. The van der Waals surface area contributed by atoms with Crippen molar-refractivity contribution < 1.29 is 4.79 Å². The second-order valence-electron chi connectivity index (χ2n) is 4.02. The van der Waals surface area contributed by atoms with Crippen LogP contribution in [0.1, 0.15) is 43.0 Å². The van der Waals surface area contributed by atoms with Crippen LogP contribution in [0.3, 0.4) is 0 Å². The third-order valence-electron chi connectivity index (χ3n) is 2.61. The van der Waals surface area contributed by atoms with Crippen molar-refractivity contribution in [3.05, 3.63) is 28.2 Å². The molecule has 3 nitrogen and oxygen atoms in total. The maximum absolute atomic E-state index is 11.8. The number of halogens is 1. The van der Waals surface area contributed by atoms with E-state index < -0.39 is 0 Å². The summed E-state index contributed by atoms with van der Waals surface area (Å²) in [5.41, 5.74) is 6.86. The van der Waals surface area contributed by atoms with Gasteiger partial charge >= 0.3 is 0 Å². The Kier molecular flexibility index (Phi) is 6.05. The Labute approximate surface area is 111 Å². The summed E-state index contributed by atoms with van der Waals surface area (Å²) in [4.78, 5) is 11.8. The van der Waals surface area contributed by atoms with Crippen molar-refractivity contribution in [1.82, 2.24) is 5.32 Å². The summed E-state index contributed by atoms with van der Waals surface area (Å²) in [6.07, 6.45) is 4.60. The normalized spacial score (nSPS) is 10.2. The molecule has 1 rings (SSSR count). The molecule has 4 heteroatoms. The molecule has 0 unspecified atom stereocenters. The van der Waals surface area contributed by atoms with Crippen molar-refractivity contribution in [3.8, 4) is 0 Å². The molecular weight excluding hydrogens is 280 g/mol. The Balaban J connectivity index is 2.44. The molecule has 3 N–H and O–H groups in total. The van der Waals surface area contributed by atoms with Gasteiger partial charge in [0, 0.05) is 11.0 Å². The van der Waals surface area contributed by atoms with Gasteiger partial charge in [-0.3, -0.25) is 4.79 Å². The number of nitrogens with two attached hydrogens (primary N) is 1. The first-order chi connectivity index (χ1) is 8.16. The van der Waals surface area contributed by atoms with Crippen LogP contribution in [0.15, 0.2) is 22.7 Å². The Morgan fingerprint density at radius 3 is 2.82 bits per heavy atom. The average Bonchev–Trinajstić information content (AvgIpc) is 2.32. The number of nitrogens with one attached hydrogen (secondary N) is 1. The van der Waals surface area contributed by atoms with Crippen LogP contribution in [0.4, 0.5) is 5.69 Å². The highest BCUT2D eigenvalue weighted by molar-refractivity contribution is 9.10. The zero-order valence-corrected chi connectivity index (χ0v) is 11.7. The van der Waals surface area contributed by atoms with E-state index in [2.05, 4.69) is 28.2 Å². The summed E-state index contributed by atoms with van der Waals surface area (Å²) in [6, 6.07) is 5.38. The van der Waals surface area contributed by atoms with E-state index >= 15 is 0 Å². The molecule has 1 aromatic carbocycles. The van der Waals surface area contributed by atoms with E-state index in [0.717, 1.165) is 17.3 Å². The summed E-state index contributed by atoms with van der Waals surface area (Å²) in [7, 11) is 0. The monoisotopic (exact) mass is 298 g/mol. The van der Waals surface area contributed by atoms with Gasteiger partial charge in [0.25, 0.3) is 5.91 Å². The van der Waals surface area contributed by atoms with Crippen LogP contribution in [0, 0.1) is 0 Å². The fraction of sp³-hybridized carbons (Fsp3) is 0.462. The number of carbonyl (C=O) groups excluding carboxylic acids is 1. The number of carbonyl (C=O) groups is 1. The Morgan fingerprint density at radius 2 is 2.12 bits per heavy atom. The van der Waals surface area contributed by atoms with Gasteiger partial charge in [-0.1, -0.05) is 32.3 Å². The minimum absolute atomic E-state index is 0.0969. The second-order valence-corrected chi connectivity index (χ2v) is 4.87. The number of para-hydroxylation sites is 1. The van der Waals surface area contributed by atoms with Gasteiger partial charge in [-0.25, -0.2) is 0 Å². The zero-order valence-electron chi connectivity index (χ0n) is 10.1. The highest BCUT2D eigenvalue weighted by atomic mass is 79.9. The molecule has 0 fully saturated rings. The van der Waals surface area contributed by atoms with Crippen LogP contribution in [0.5, 0.6) is 0 Å². The van der Waals surface area contributed by atoms with Crippen molar-refractivity contribution in [2.24, 2.45) is 0 Å². The topological polar surface area (TPSA) is 55.1 Å². The van der Waals surface area contributed by atoms with Gasteiger partial charge in [0.1, 0.15) is 0 Å². The van der Waals surface area contributed by atoms with E-state index in [1.54, 1.807) is 6.07 Å². The van der Waals surface area contributed by atoms with Crippen molar-refractivity contribution in [3.63, 3.8) is 0 Å². The number of rotatable bonds is 6. The van der Waals surface area contributed by atoms with Crippen LogP contribution >= 0.6 is 15.9 Å². The molecule has 0 aliphatic rings. The Morgan fingerprint density at radius 1 is 1.35 bits per heavy atom. The zero-order chi connectivity index (χ0) is 12.7. The van der Waals surface area contributed by atoms with Gasteiger partial charge in [-0.2, -0.15) is 0 Å². The maximum atomic E-state index is 11.8. The summed E-state index contributed by atoms with van der Waals surface area (Å²) in [5.74, 6) is -0.0969. The van der Waals surface area contributed by atoms with Crippen molar-refractivity contribution >= 4 is 27.5 Å². The van der Waals surface area contributed by atoms with Gasteiger partial charge < -0.3 is 11.1 Å². The molecule has 0 heterocycles. The lowest BCUT2D eigenvalue weighted by Crippen LogP contribution is -2.25. The number of anilines is 1. The molecule has 0 aliphatic heterocycles. The number of nitrogen functional groups attached to an aromatic ring is 1. The van der Waals surface area contributed by atoms with Crippen LogP contribution in [0.25, 0.3) is 0 Å². The molecule has 94 valence electrons. The first-order valence-corrected chi connectivity index (χ1v) is 6.78. The van der Waals surface area contributed by atoms with E-state index in [1.165, 1.54) is 12.8 Å². The van der Waals surface area contributed by atoms with E-state index in [4.69, 9.17) is 5.73 Å². The summed E-state index contributed by atoms with van der Waals surface area (Å²) < 4.78 is 0.760. The largest absolute Gasteiger partial charge is 0.397 e. The minimum atomic E-state index is -0.0969. The van der Waals surface area contributed by atoms with Gasteiger partial charge in [0.2, 0.25) is 0 Å². The first-order valence-electron chi connectivity index (χ1n) is 5.99. The highest BCUT2D eigenvalue weighted by Crippen LogP contribution is 2.22. The van der Waals surface area contributed by atoms with Crippen LogP contribution in [0.2, 0.25) is 0 Å². The maximum Gasteiger partial charge on any atom is 0.253 e. The van der Waals surface area contributed by atoms with Crippen molar-refractivity contribution in [1.29, 1.82) is 0 Å². The number of amides is 1. The quantitative estimate of drug-likeness (QED) is 0.625. The number of hydrogen-bond acceptors (Lipinski definition) is 2. The summed E-state index contributed by atoms with van der Waals surface area (Å²) in [6.45, 7) is 2.88. The summed E-state index contributed by atoms with van der Waals surface area (Å²) >= 11 is 3.31. The van der Waals surface area contributed by atoms with Gasteiger partial charge in [0.05, 0.1) is 11.3 Å².